The normalized spacial score (nSPS) is 16.3. The van der Waals surface area contributed by atoms with Gasteiger partial charge >= 0.3 is 0 Å². The van der Waals surface area contributed by atoms with Gasteiger partial charge in [0.15, 0.2) is 5.65 Å². The van der Waals surface area contributed by atoms with Crippen molar-refractivity contribution in [3.8, 4) is 0 Å². The number of morpholine rings is 1. The predicted octanol–water partition coefficient (Wildman–Crippen LogP) is 1.51. The summed E-state index contributed by atoms with van der Waals surface area (Å²) < 4.78 is 5.35. The Balaban J connectivity index is 1.49. The van der Waals surface area contributed by atoms with Gasteiger partial charge in [-0.1, -0.05) is 11.8 Å². The van der Waals surface area contributed by atoms with Crippen LogP contribution in [0.4, 0.5) is 5.69 Å². The monoisotopic (exact) mass is 330 g/mol. The van der Waals surface area contributed by atoms with Crippen molar-refractivity contribution in [1.82, 2.24) is 25.1 Å². The van der Waals surface area contributed by atoms with Crippen LogP contribution in [0.15, 0.2) is 23.4 Å². The Morgan fingerprint density at radius 2 is 2.13 bits per heavy atom. The van der Waals surface area contributed by atoms with Gasteiger partial charge in [0.05, 0.1) is 13.2 Å². The number of nitrogen functional groups attached to an aromatic ring is 1. The van der Waals surface area contributed by atoms with Gasteiger partial charge in [-0.3, -0.25) is 4.90 Å². The molecule has 2 aromatic heterocycles. The number of aromatic nitrogens is 4. The largest absolute Gasteiger partial charge is 0.399 e. The number of nitrogens with one attached hydrogen (secondary N) is 1. The van der Waals surface area contributed by atoms with E-state index in [9.17, 15) is 0 Å². The van der Waals surface area contributed by atoms with Crippen LogP contribution < -0.4 is 5.73 Å². The van der Waals surface area contributed by atoms with Crippen LogP contribution in [0.5, 0.6) is 0 Å². The van der Waals surface area contributed by atoms with Crippen molar-refractivity contribution >= 4 is 39.5 Å². The molecule has 0 aliphatic carbocycles. The van der Waals surface area contributed by atoms with Crippen LogP contribution in [0.25, 0.3) is 22.1 Å². The van der Waals surface area contributed by atoms with Crippen LogP contribution >= 0.6 is 11.8 Å². The number of thioether (sulfide) groups is 1. The average Bonchev–Trinajstić information content (AvgIpc) is 2.93. The summed E-state index contributed by atoms with van der Waals surface area (Å²) in [7, 11) is 0. The predicted molar refractivity (Wildman–Crippen MR) is 91.6 cm³/mol. The molecule has 1 aliphatic rings. The Kier molecular flexibility index (Phi) is 4.02. The Morgan fingerprint density at radius 1 is 1.26 bits per heavy atom. The van der Waals surface area contributed by atoms with E-state index in [1.807, 2.05) is 18.2 Å². The van der Waals surface area contributed by atoms with Crippen molar-refractivity contribution in [2.24, 2.45) is 0 Å². The number of H-pyrrole nitrogens is 1. The van der Waals surface area contributed by atoms with Crippen molar-refractivity contribution in [2.75, 3.05) is 44.3 Å². The van der Waals surface area contributed by atoms with Gasteiger partial charge < -0.3 is 15.5 Å². The number of anilines is 1. The Labute approximate surface area is 137 Å². The standard InChI is InChI=1S/C15H18N6OS/c16-10-1-2-12-11(9-10)13-14(17-12)18-15(20-19-13)23-8-5-21-3-6-22-7-4-21/h1-2,9H,3-8,16H2,(H,17,18,20). The molecule has 1 fully saturated rings. The molecule has 0 spiro atoms. The van der Waals surface area contributed by atoms with Crippen LogP contribution in [-0.2, 0) is 4.74 Å². The second kappa shape index (κ2) is 6.31. The molecule has 7 nitrogen and oxygen atoms in total. The molecular formula is C15H18N6OS. The molecule has 3 aromatic rings. The van der Waals surface area contributed by atoms with Gasteiger partial charge in [-0.15, -0.1) is 10.2 Å². The number of ether oxygens (including phenoxy) is 1. The smallest absolute Gasteiger partial charge is 0.211 e. The molecule has 3 N–H and O–H groups in total. The molecular weight excluding hydrogens is 312 g/mol. The first-order chi connectivity index (χ1) is 11.3. The molecule has 4 rings (SSSR count). The highest BCUT2D eigenvalue weighted by Gasteiger charge is 2.12. The lowest BCUT2D eigenvalue weighted by Gasteiger charge is -2.26. The topological polar surface area (TPSA) is 93.0 Å². The number of hydrogen-bond acceptors (Lipinski definition) is 7. The zero-order valence-corrected chi connectivity index (χ0v) is 13.5. The van der Waals surface area contributed by atoms with Crippen LogP contribution in [-0.4, -0.2) is 63.7 Å². The average molecular weight is 330 g/mol. The van der Waals surface area contributed by atoms with E-state index in [1.165, 1.54) is 0 Å². The number of hydrogen-bond donors (Lipinski definition) is 2. The number of rotatable bonds is 4. The van der Waals surface area contributed by atoms with Crippen molar-refractivity contribution in [3.05, 3.63) is 18.2 Å². The van der Waals surface area contributed by atoms with E-state index < -0.39 is 0 Å². The van der Waals surface area contributed by atoms with Gasteiger partial charge in [0.2, 0.25) is 5.16 Å². The number of benzene rings is 1. The Hall–Kier alpha value is -1.90. The highest BCUT2D eigenvalue weighted by molar-refractivity contribution is 7.99. The van der Waals surface area contributed by atoms with Crippen LogP contribution in [0, 0.1) is 0 Å². The third-order valence-electron chi connectivity index (χ3n) is 3.96. The lowest BCUT2D eigenvalue weighted by atomic mass is 10.2. The first kappa shape index (κ1) is 14.7. The maximum atomic E-state index is 5.84. The summed E-state index contributed by atoms with van der Waals surface area (Å²) in [6.45, 7) is 4.67. The fourth-order valence-electron chi connectivity index (χ4n) is 2.73. The third-order valence-corrected chi connectivity index (χ3v) is 4.78. The summed E-state index contributed by atoms with van der Waals surface area (Å²) >= 11 is 1.63. The highest BCUT2D eigenvalue weighted by Crippen LogP contribution is 2.25. The van der Waals surface area contributed by atoms with Crippen molar-refractivity contribution < 1.29 is 4.74 Å². The molecule has 1 aliphatic heterocycles. The molecule has 0 saturated carbocycles. The van der Waals surface area contributed by atoms with Crippen LogP contribution in [0.1, 0.15) is 0 Å². The van der Waals surface area contributed by atoms with Gasteiger partial charge in [-0.05, 0) is 18.2 Å². The fourth-order valence-corrected chi connectivity index (χ4v) is 3.51. The summed E-state index contributed by atoms with van der Waals surface area (Å²) in [4.78, 5) is 10.2. The second-order valence-corrected chi connectivity index (χ2v) is 6.59. The van der Waals surface area contributed by atoms with Crippen molar-refractivity contribution in [2.45, 2.75) is 5.16 Å². The maximum absolute atomic E-state index is 5.84. The maximum Gasteiger partial charge on any atom is 0.211 e. The zero-order chi connectivity index (χ0) is 15.6. The molecule has 120 valence electrons. The van der Waals surface area contributed by atoms with Crippen molar-refractivity contribution in [3.63, 3.8) is 0 Å². The van der Waals surface area contributed by atoms with Gasteiger partial charge in [-0.2, -0.15) is 0 Å². The Bertz CT molecular complexity index is 829. The van der Waals surface area contributed by atoms with E-state index >= 15 is 0 Å². The quantitative estimate of drug-likeness (QED) is 0.553. The second-order valence-electron chi connectivity index (χ2n) is 5.52. The molecule has 0 unspecified atom stereocenters. The van der Waals surface area contributed by atoms with E-state index in [4.69, 9.17) is 10.5 Å². The van der Waals surface area contributed by atoms with E-state index in [2.05, 4.69) is 25.1 Å². The van der Waals surface area contributed by atoms with E-state index in [0.29, 0.717) is 10.8 Å². The molecule has 0 amide bonds. The molecule has 0 bridgehead atoms. The van der Waals surface area contributed by atoms with Gasteiger partial charge in [0.1, 0.15) is 5.52 Å². The van der Waals surface area contributed by atoms with E-state index in [0.717, 1.165) is 60.7 Å². The Morgan fingerprint density at radius 3 is 3.00 bits per heavy atom. The van der Waals surface area contributed by atoms with Crippen LogP contribution in [0.3, 0.4) is 0 Å². The molecule has 1 saturated heterocycles. The molecule has 0 radical (unpaired) electrons. The highest BCUT2D eigenvalue weighted by atomic mass is 32.2. The summed E-state index contributed by atoms with van der Waals surface area (Å²) in [5.74, 6) is 0.945. The van der Waals surface area contributed by atoms with E-state index in [-0.39, 0.29) is 0 Å². The molecule has 1 aromatic carbocycles. The molecule has 23 heavy (non-hydrogen) atoms. The SMILES string of the molecule is Nc1ccc2[nH]c3nc(SCCN4CCOCC4)nnc3c2c1. The van der Waals surface area contributed by atoms with E-state index in [1.54, 1.807) is 11.8 Å². The first-order valence-electron chi connectivity index (χ1n) is 7.64. The summed E-state index contributed by atoms with van der Waals surface area (Å²) in [6.07, 6.45) is 0. The summed E-state index contributed by atoms with van der Waals surface area (Å²) in [6, 6.07) is 5.71. The fraction of sp³-hybridized carbons (Fsp3) is 0.400. The number of nitrogens with zero attached hydrogens (tertiary/aromatic N) is 4. The minimum atomic E-state index is 0.699. The van der Waals surface area contributed by atoms with Crippen LogP contribution in [0.2, 0.25) is 0 Å². The minimum absolute atomic E-state index is 0.699. The summed E-state index contributed by atoms with van der Waals surface area (Å²) in [5, 5.41) is 10.2. The molecule has 3 heterocycles. The van der Waals surface area contributed by atoms with Crippen molar-refractivity contribution in [1.29, 1.82) is 0 Å². The first-order valence-corrected chi connectivity index (χ1v) is 8.63. The van der Waals surface area contributed by atoms with Gasteiger partial charge in [0, 0.05) is 42.0 Å². The molecule has 8 heteroatoms. The summed E-state index contributed by atoms with van der Waals surface area (Å²) in [5.41, 5.74) is 9.06. The number of nitrogens with two attached hydrogens (primary N) is 1. The molecule has 0 atom stereocenters. The lowest BCUT2D eigenvalue weighted by molar-refractivity contribution is 0.0410. The zero-order valence-electron chi connectivity index (χ0n) is 12.7. The van der Waals surface area contributed by atoms with Gasteiger partial charge in [-0.25, -0.2) is 4.98 Å². The lowest BCUT2D eigenvalue weighted by Crippen LogP contribution is -2.37. The minimum Gasteiger partial charge on any atom is -0.399 e. The number of fused-ring (bicyclic) bond motifs is 3. The third kappa shape index (κ3) is 3.10. The number of aromatic amines is 1. The van der Waals surface area contributed by atoms with Gasteiger partial charge in [0.25, 0.3) is 0 Å².